The molecule has 0 amide bonds. The van der Waals surface area contributed by atoms with Crippen LogP contribution in [0.4, 0.5) is 0 Å². The Hall–Kier alpha value is 0.400. The first kappa shape index (κ1) is 34.4. The van der Waals surface area contributed by atoms with E-state index in [9.17, 15) is 0 Å². The van der Waals surface area contributed by atoms with Crippen LogP contribution in [0.5, 0.6) is 23.3 Å². The van der Waals surface area contributed by atoms with Gasteiger partial charge in [0.05, 0.1) is 27.4 Å². The number of hydrogen-bond donors (Lipinski definition) is 0. The summed E-state index contributed by atoms with van der Waals surface area (Å²) in [4.78, 5) is 7.93. The number of nitrogens with zero attached hydrogens (tertiary/aromatic N) is 2. The number of alkyl halides is 6. The lowest BCUT2D eigenvalue weighted by atomic mass is 10.3. The minimum Gasteiger partial charge on any atom is -0.490 e. The Labute approximate surface area is 259 Å². The Kier molecular flexibility index (Phi) is 14.6. The number of aromatic nitrogens is 2. The minimum absolute atomic E-state index is 0.00821. The first-order chi connectivity index (χ1) is 16.6. The third kappa shape index (κ3) is 9.25. The van der Waals surface area contributed by atoms with Gasteiger partial charge in [0, 0.05) is 0 Å². The lowest BCUT2D eigenvalue weighted by molar-refractivity contribution is 0.305. The largest absolute Gasteiger partial charge is 0.490 e. The molecule has 0 radical (unpaired) electrons. The molecule has 2 rings (SSSR count). The van der Waals surface area contributed by atoms with Crippen molar-refractivity contribution in [3.63, 3.8) is 0 Å². The molecule has 0 saturated heterocycles. The van der Waals surface area contributed by atoms with Crippen LogP contribution in [0, 0.1) is 0 Å². The van der Waals surface area contributed by atoms with E-state index in [4.69, 9.17) is 135 Å². The van der Waals surface area contributed by atoms with Crippen LogP contribution in [0.3, 0.4) is 0 Å². The fourth-order valence-corrected chi connectivity index (χ4v) is 4.77. The summed E-state index contributed by atoms with van der Waals surface area (Å²) in [5.41, 5.74) is 0.0285. The highest BCUT2D eigenvalue weighted by atomic mass is 35.6. The van der Waals surface area contributed by atoms with E-state index in [1.54, 1.807) is 6.92 Å². The van der Waals surface area contributed by atoms with Gasteiger partial charge in [-0.15, -0.1) is 0 Å². The van der Waals surface area contributed by atoms with Crippen molar-refractivity contribution in [2.45, 2.75) is 34.3 Å². The van der Waals surface area contributed by atoms with Crippen molar-refractivity contribution < 1.29 is 18.9 Å². The fourth-order valence-electron chi connectivity index (χ4n) is 2.36. The Balaban J connectivity index is 0.000000362. The van der Waals surface area contributed by atoms with Crippen LogP contribution >= 0.6 is 116 Å². The Morgan fingerprint density at radius 3 is 1.33 bits per heavy atom. The van der Waals surface area contributed by atoms with E-state index in [1.165, 1.54) is 14.2 Å². The Morgan fingerprint density at radius 2 is 1.03 bits per heavy atom. The second-order valence-corrected chi connectivity index (χ2v) is 12.6. The van der Waals surface area contributed by atoms with Crippen molar-refractivity contribution in [3.05, 3.63) is 31.5 Å². The summed E-state index contributed by atoms with van der Waals surface area (Å²) in [6, 6.07) is 0. The summed E-state index contributed by atoms with van der Waals surface area (Å²) in [6.07, 6.45) is 1.81. The fraction of sp³-hybridized carbons (Fsp3) is 0.500. The molecule has 2 aromatic heterocycles. The predicted octanol–water partition coefficient (Wildman–Crippen LogP) is 10.0. The smallest absolute Gasteiger partial charge is 0.236 e. The SMILES string of the molecule is CCCCOc1c(Cl)c(OC)nc(C(Cl)(Cl)Cl)c1Cl.CCOc1c(Cl)c(OC)nc(C(Cl)(Cl)Cl)c1Cl. The third-order valence-electron chi connectivity index (χ3n) is 3.97. The highest BCUT2D eigenvalue weighted by Crippen LogP contribution is 2.49. The first-order valence-corrected chi connectivity index (χ1v) is 13.7. The molecule has 36 heavy (non-hydrogen) atoms. The van der Waals surface area contributed by atoms with Gasteiger partial charge in [0.2, 0.25) is 19.3 Å². The maximum atomic E-state index is 6.13. The van der Waals surface area contributed by atoms with E-state index in [-0.39, 0.29) is 54.7 Å². The average Bonchev–Trinajstić information content (AvgIpc) is 2.78. The zero-order valence-electron chi connectivity index (χ0n) is 19.1. The number of hydrogen-bond acceptors (Lipinski definition) is 6. The van der Waals surface area contributed by atoms with Crippen molar-refractivity contribution in [1.82, 2.24) is 9.97 Å². The van der Waals surface area contributed by atoms with E-state index in [1.807, 2.05) is 6.92 Å². The van der Waals surface area contributed by atoms with E-state index >= 15 is 0 Å². The molecule has 0 spiro atoms. The number of methoxy groups -OCH3 is 2. The summed E-state index contributed by atoms with van der Waals surface area (Å²) in [5.74, 6) is 0.577. The van der Waals surface area contributed by atoms with Crippen molar-refractivity contribution in [2.75, 3.05) is 27.4 Å². The normalized spacial score (nSPS) is 11.5. The van der Waals surface area contributed by atoms with E-state index < -0.39 is 7.59 Å². The molecule has 204 valence electrons. The van der Waals surface area contributed by atoms with Crippen LogP contribution in [0.2, 0.25) is 20.1 Å². The molecule has 0 atom stereocenters. The highest BCUT2D eigenvalue weighted by Gasteiger charge is 2.34. The summed E-state index contributed by atoms with van der Waals surface area (Å²) >= 11 is 58.9. The lowest BCUT2D eigenvalue weighted by Crippen LogP contribution is -2.09. The van der Waals surface area contributed by atoms with Crippen LogP contribution < -0.4 is 18.9 Å². The van der Waals surface area contributed by atoms with Gasteiger partial charge in [0.15, 0.2) is 11.5 Å². The number of unbranched alkanes of at least 4 members (excludes halogenated alkanes) is 1. The molecule has 2 heterocycles. The number of halogens is 10. The van der Waals surface area contributed by atoms with Gasteiger partial charge < -0.3 is 18.9 Å². The zero-order valence-corrected chi connectivity index (χ0v) is 26.7. The summed E-state index contributed by atoms with van der Waals surface area (Å²) < 4.78 is 17.2. The Morgan fingerprint density at radius 1 is 0.639 bits per heavy atom. The van der Waals surface area contributed by atoms with Gasteiger partial charge in [0.1, 0.15) is 31.5 Å². The molecule has 0 unspecified atom stereocenters. The van der Waals surface area contributed by atoms with Gasteiger partial charge in [0.25, 0.3) is 0 Å². The molecule has 0 N–H and O–H groups in total. The number of ether oxygens (including phenoxy) is 4. The van der Waals surface area contributed by atoms with Gasteiger partial charge in [-0.2, -0.15) is 0 Å². The summed E-state index contributed by atoms with van der Waals surface area (Å²) in [5, 5.41) is 0.415. The quantitative estimate of drug-likeness (QED) is 0.201. The molecule has 0 aromatic carbocycles. The second kappa shape index (κ2) is 15.3. The third-order valence-corrected chi connectivity index (χ3v) is 6.41. The predicted molar refractivity (Wildman–Crippen MR) is 152 cm³/mol. The number of rotatable bonds is 8. The van der Waals surface area contributed by atoms with Crippen LogP contribution in [0.15, 0.2) is 0 Å². The molecular formula is C20H20Cl10N2O4. The molecule has 6 nitrogen and oxygen atoms in total. The average molecular weight is 707 g/mol. The van der Waals surface area contributed by atoms with Gasteiger partial charge in [-0.1, -0.05) is 129 Å². The molecule has 0 aliphatic heterocycles. The summed E-state index contributed by atoms with van der Waals surface area (Å²) in [6.45, 7) is 4.61. The second-order valence-electron chi connectivity index (χ2n) is 6.48. The van der Waals surface area contributed by atoms with Gasteiger partial charge in [-0.25, -0.2) is 9.97 Å². The van der Waals surface area contributed by atoms with Crippen LogP contribution in [0.25, 0.3) is 0 Å². The molecule has 0 saturated carbocycles. The summed E-state index contributed by atoms with van der Waals surface area (Å²) in [7, 11) is 2.79. The van der Waals surface area contributed by atoms with Crippen molar-refractivity contribution in [1.29, 1.82) is 0 Å². The van der Waals surface area contributed by atoms with E-state index in [0.717, 1.165) is 12.8 Å². The maximum absolute atomic E-state index is 6.13. The van der Waals surface area contributed by atoms with Crippen LogP contribution in [0.1, 0.15) is 38.1 Å². The van der Waals surface area contributed by atoms with Crippen LogP contribution in [-0.4, -0.2) is 37.4 Å². The first-order valence-electron chi connectivity index (χ1n) is 9.91. The van der Waals surface area contributed by atoms with Crippen LogP contribution in [-0.2, 0) is 7.59 Å². The van der Waals surface area contributed by atoms with Gasteiger partial charge in [-0.3, -0.25) is 0 Å². The maximum Gasteiger partial charge on any atom is 0.236 e. The zero-order chi connectivity index (χ0) is 27.8. The molecule has 16 heteroatoms. The molecule has 0 bridgehead atoms. The lowest BCUT2D eigenvalue weighted by Gasteiger charge is -2.18. The molecule has 0 fully saturated rings. The molecule has 0 aliphatic carbocycles. The molecule has 2 aromatic rings. The molecule has 0 aliphatic rings. The van der Waals surface area contributed by atoms with Gasteiger partial charge in [-0.05, 0) is 13.3 Å². The van der Waals surface area contributed by atoms with Gasteiger partial charge >= 0.3 is 0 Å². The van der Waals surface area contributed by atoms with Crippen molar-refractivity contribution >= 4 is 116 Å². The van der Waals surface area contributed by atoms with E-state index in [2.05, 4.69) is 9.97 Å². The van der Waals surface area contributed by atoms with Crippen molar-refractivity contribution in [2.24, 2.45) is 0 Å². The topological polar surface area (TPSA) is 62.7 Å². The standard InChI is InChI=1S/C11H12Cl5NO2.C9H8Cl5NO2/c1-3-4-5-19-8-6(12)9(11(14,15)16)17-10(18-2)7(8)13;1-3-17-6-4(10)7(9(12,13)14)15-8(16-2)5(6)11/h3-5H2,1-2H3;3H2,1-2H3. The van der Waals surface area contributed by atoms with E-state index in [0.29, 0.717) is 13.2 Å². The highest BCUT2D eigenvalue weighted by molar-refractivity contribution is 6.67. The van der Waals surface area contributed by atoms with Crippen molar-refractivity contribution in [3.8, 4) is 23.3 Å². The Bertz CT molecular complexity index is 1030. The monoisotopic (exact) mass is 702 g/mol. The number of pyridine rings is 2. The minimum atomic E-state index is -1.79. The molecular weight excluding hydrogens is 687 g/mol.